The zero-order chi connectivity index (χ0) is 18.2. The third-order valence-corrected chi connectivity index (χ3v) is 5.37. The first-order valence-corrected chi connectivity index (χ1v) is 10.0. The van der Waals surface area contributed by atoms with Crippen LogP contribution in [0.2, 0.25) is 0 Å². The summed E-state index contributed by atoms with van der Waals surface area (Å²) in [5, 5.41) is 0.897. The van der Waals surface area contributed by atoms with E-state index in [1.807, 2.05) is 30.3 Å². The third-order valence-electron chi connectivity index (χ3n) is 4.36. The van der Waals surface area contributed by atoms with Crippen molar-refractivity contribution in [3.63, 3.8) is 0 Å². The number of likely N-dealkylation sites (tertiary alicyclic amines) is 1. The van der Waals surface area contributed by atoms with Gasteiger partial charge >= 0.3 is 0 Å². The number of rotatable bonds is 4. The topological polar surface area (TPSA) is 32.7 Å². The van der Waals surface area contributed by atoms with Gasteiger partial charge in [-0.3, -0.25) is 4.79 Å². The van der Waals surface area contributed by atoms with Gasteiger partial charge in [-0.25, -0.2) is 9.38 Å². The van der Waals surface area contributed by atoms with E-state index < -0.39 is 0 Å². The Morgan fingerprint density at radius 1 is 0.962 bits per heavy atom. The number of para-hydroxylation sites is 1. The molecule has 1 aliphatic heterocycles. The Hall–Kier alpha value is -2.14. The van der Waals surface area contributed by atoms with Crippen LogP contribution in [0.1, 0.15) is 36.0 Å². The molecule has 0 amide bonds. The molecular formula is C21H23FN2OS. The molecular weight excluding hydrogens is 347 g/mol. The van der Waals surface area contributed by atoms with Gasteiger partial charge in [0, 0.05) is 18.7 Å². The van der Waals surface area contributed by atoms with Crippen molar-refractivity contribution in [3.05, 3.63) is 66.0 Å². The van der Waals surface area contributed by atoms with E-state index >= 15 is 0 Å². The Bertz CT molecular complexity index is 738. The Morgan fingerprint density at radius 2 is 1.62 bits per heavy atom. The van der Waals surface area contributed by atoms with Crippen LogP contribution in [-0.4, -0.2) is 34.7 Å². The number of nitrogens with zero attached hydrogens (tertiary/aromatic N) is 2. The molecule has 1 aliphatic rings. The molecule has 3 nitrogen and oxygen atoms in total. The van der Waals surface area contributed by atoms with Gasteiger partial charge in [0.05, 0.1) is 11.4 Å². The normalized spacial score (nSPS) is 15.6. The molecule has 3 rings (SSSR count). The quantitative estimate of drug-likeness (QED) is 0.416. The molecule has 0 saturated carbocycles. The van der Waals surface area contributed by atoms with E-state index in [1.165, 1.54) is 48.9 Å². The molecule has 0 aromatic heterocycles. The van der Waals surface area contributed by atoms with Gasteiger partial charge in [0.25, 0.3) is 0 Å². The fourth-order valence-electron chi connectivity index (χ4n) is 2.92. The summed E-state index contributed by atoms with van der Waals surface area (Å²) in [5.74, 6) is -0.0379. The van der Waals surface area contributed by atoms with Crippen LogP contribution < -0.4 is 0 Å². The van der Waals surface area contributed by atoms with E-state index in [1.54, 1.807) is 0 Å². The highest BCUT2D eigenvalue weighted by Crippen LogP contribution is 2.21. The van der Waals surface area contributed by atoms with Crippen LogP contribution >= 0.6 is 11.8 Å². The molecule has 0 atom stereocenters. The smallest absolute Gasteiger partial charge is 0.173 e. The molecule has 2 aromatic rings. The number of hydrogen-bond donors (Lipinski definition) is 0. The number of ketones is 1. The van der Waals surface area contributed by atoms with Crippen LogP contribution in [0.3, 0.4) is 0 Å². The first-order chi connectivity index (χ1) is 12.7. The first kappa shape index (κ1) is 18.6. The van der Waals surface area contributed by atoms with E-state index in [0.717, 1.165) is 36.8 Å². The maximum Gasteiger partial charge on any atom is 0.173 e. The molecule has 0 spiro atoms. The average molecular weight is 370 g/mol. The van der Waals surface area contributed by atoms with Gasteiger partial charge in [-0.05, 0) is 49.2 Å². The molecule has 1 fully saturated rings. The van der Waals surface area contributed by atoms with Crippen LogP contribution in [0.25, 0.3) is 0 Å². The van der Waals surface area contributed by atoms with Gasteiger partial charge in [0.15, 0.2) is 11.0 Å². The molecule has 0 aliphatic carbocycles. The summed E-state index contributed by atoms with van der Waals surface area (Å²) < 4.78 is 13.0. The van der Waals surface area contributed by atoms with Crippen LogP contribution in [0.5, 0.6) is 0 Å². The number of benzene rings is 2. The van der Waals surface area contributed by atoms with Crippen LogP contribution in [0.15, 0.2) is 59.6 Å². The second kappa shape index (κ2) is 9.53. The lowest BCUT2D eigenvalue weighted by Crippen LogP contribution is -2.30. The van der Waals surface area contributed by atoms with E-state index in [9.17, 15) is 9.18 Å². The van der Waals surface area contributed by atoms with Crippen LogP contribution in [0, 0.1) is 5.82 Å². The predicted molar refractivity (Wildman–Crippen MR) is 107 cm³/mol. The highest BCUT2D eigenvalue weighted by atomic mass is 32.2. The van der Waals surface area contributed by atoms with Crippen molar-refractivity contribution in [2.24, 2.45) is 4.99 Å². The summed E-state index contributed by atoms with van der Waals surface area (Å²) in [6, 6.07) is 15.6. The number of Topliss-reactive ketones (excluding diaryl/α,β-unsaturated/α-hetero) is 1. The second-order valence-corrected chi connectivity index (χ2v) is 7.29. The van der Waals surface area contributed by atoms with Gasteiger partial charge in [0.2, 0.25) is 0 Å². The Labute approximate surface area is 158 Å². The number of carbonyl (C=O) groups excluding carboxylic acids is 1. The Balaban J connectivity index is 1.73. The monoisotopic (exact) mass is 370 g/mol. The average Bonchev–Trinajstić information content (AvgIpc) is 2.96. The van der Waals surface area contributed by atoms with E-state index in [2.05, 4.69) is 4.90 Å². The maximum atomic E-state index is 13.0. The summed E-state index contributed by atoms with van der Waals surface area (Å²) in [7, 11) is 0. The Kier molecular flexibility index (Phi) is 6.83. The van der Waals surface area contributed by atoms with Crippen molar-refractivity contribution in [1.29, 1.82) is 0 Å². The number of thioether (sulfide) groups is 1. The number of hydrogen-bond acceptors (Lipinski definition) is 3. The fraction of sp³-hybridized carbons (Fsp3) is 0.333. The van der Waals surface area contributed by atoms with Gasteiger partial charge in [-0.15, -0.1) is 0 Å². The van der Waals surface area contributed by atoms with Gasteiger partial charge in [0.1, 0.15) is 5.82 Å². The van der Waals surface area contributed by atoms with Crippen molar-refractivity contribution in [3.8, 4) is 0 Å². The number of amidine groups is 1. The minimum atomic E-state index is -0.329. The molecule has 1 saturated heterocycles. The van der Waals surface area contributed by atoms with Crippen LogP contribution in [0.4, 0.5) is 10.1 Å². The summed E-state index contributed by atoms with van der Waals surface area (Å²) in [6.07, 6.45) is 4.79. The summed E-state index contributed by atoms with van der Waals surface area (Å²) >= 11 is 1.47. The summed E-state index contributed by atoms with van der Waals surface area (Å²) in [5.41, 5.74) is 1.43. The molecule has 0 radical (unpaired) electrons. The predicted octanol–water partition coefficient (Wildman–Crippen LogP) is 5.31. The van der Waals surface area contributed by atoms with Crippen molar-refractivity contribution in [1.82, 2.24) is 4.90 Å². The van der Waals surface area contributed by atoms with E-state index in [0.29, 0.717) is 11.3 Å². The molecule has 26 heavy (non-hydrogen) atoms. The van der Waals surface area contributed by atoms with Crippen molar-refractivity contribution < 1.29 is 9.18 Å². The van der Waals surface area contributed by atoms with Gasteiger partial charge < -0.3 is 4.90 Å². The lowest BCUT2D eigenvalue weighted by Gasteiger charge is -2.23. The lowest BCUT2D eigenvalue weighted by atomic mass is 10.1. The summed E-state index contributed by atoms with van der Waals surface area (Å²) in [6.45, 7) is 1.95. The molecule has 5 heteroatoms. The van der Waals surface area contributed by atoms with Crippen molar-refractivity contribution >= 4 is 28.4 Å². The third kappa shape index (κ3) is 5.43. The maximum absolute atomic E-state index is 13.0. The van der Waals surface area contributed by atoms with Gasteiger partial charge in [-0.1, -0.05) is 42.8 Å². The Morgan fingerprint density at radius 3 is 2.27 bits per heavy atom. The van der Waals surface area contributed by atoms with Crippen LogP contribution in [-0.2, 0) is 0 Å². The lowest BCUT2D eigenvalue weighted by molar-refractivity contribution is 0.102. The van der Waals surface area contributed by atoms with E-state index in [4.69, 9.17) is 4.99 Å². The first-order valence-electron chi connectivity index (χ1n) is 9.02. The zero-order valence-electron chi connectivity index (χ0n) is 14.7. The fourth-order valence-corrected chi connectivity index (χ4v) is 3.88. The molecule has 1 heterocycles. The molecule has 0 bridgehead atoms. The zero-order valence-corrected chi connectivity index (χ0v) is 15.6. The second-order valence-electron chi connectivity index (χ2n) is 6.35. The molecule has 0 N–H and O–H groups in total. The molecule has 136 valence electrons. The van der Waals surface area contributed by atoms with Crippen molar-refractivity contribution in [2.75, 3.05) is 18.8 Å². The summed E-state index contributed by atoms with van der Waals surface area (Å²) in [4.78, 5) is 19.5. The molecule has 2 aromatic carbocycles. The highest BCUT2D eigenvalue weighted by molar-refractivity contribution is 8.14. The minimum Gasteiger partial charge on any atom is -0.351 e. The number of halogens is 1. The van der Waals surface area contributed by atoms with E-state index in [-0.39, 0.29) is 11.6 Å². The highest BCUT2D eigenvalue weighted by Gasteiger charge is 2.17. The largest absolute Gasteiger partial charge is 0.351 e. The number of carbonyl (C=O) groups is 1. The SMILES string of the molecule is O=C(CSC(=Nc1ccccc1)N1CCCCCC1)c1ccc(F)cc1. The minimum absolute atomic E-state index is 0.00872. The van der Waals surface area contributed by atoms with Crippen molar-refractivity contribution in [2.45, 2.75) is 25.7 Å². The van der Waals surface area contributed by atoms with Gasteiger partial charge in [-0.2, -0.15) is 0 Å². The number of aliphatic imine (C=N–C) groups is 1. The molecule has 0 unspecified atom stereocenters. The standard InChI is InChI=1S/C21H23FN2OS/c22-18-12-10-17(11-13-18)20(25)16-26-21(23-19-8-4-3-5-9-19)24-14-6-1-2-7-15-24/h3-5,8-13H,1-2,6-7,14-16H2.